The molecule has 5 aromatic rings. The number of hydrogen-bond acceptors (Lipinski definition) is 11. The molecule has 0 aliphatic carbocycles. The summed E-state index contributed by atoms with van der Waals surface area (Å²) < 4.78 is 6.16. The van der Waals surface area contributed by atoms with Crippen molar-refractivity contribution in [3.05, 3.63) is 131 Å². The molecule has 0 radical (unpaired) electrons. The molecule has 3 heterocycles. The Morgan fingerprint density at radius 1 is 0.826 bits per heavy atom. The van der Waals surface area contributed by atoms with Gasteiger partial charge in [0.15, 0.2) is 0 Å². The number of ether oxygens (including phenoxy) is 1. The Hall–Kier alpha value is -6.55. The number of aliphatic hydroxyl groups is 1. The molecule has 15 heteroatoms. The average Bonchev–Trinajstić information content (AvgIpc) is 3.96. The lowest BCUT2D eigenvalue weighted by Gasteiger charge is -2.36. The number of aromatic hydroxyl groups is 2. The van der Waals surface area contributed by atoms with Gasteiger partial charge in [-0.15, -0.1) is 11.3 Å². The number of aliphatic hydroxyl groups excluding tert-OH is 1. The fraction of sp³-hybridized carbons (Fsp3) is 0.389. The molecule has 1 aromatic heterocycles. The van der Waals surface area contributed by atoms with Gasteiger partial charge in [-0.25, -0.2) is 4.98 Å². The van der Waals surface area contributed by atoms with Crippen LogP contribution in [-0.2, 0) is 25.7 Å². The van der Waals surface area contributed by atoms with Crippen molar-refractivity contribution in [3.63, 3.8) is 0 Å². The van der Waals surface area contributed by atoms with Gasteiger partial charge < -0.3 is 40.5 Å². The Labute approximate surface area is 408 Å². The van der Waals surface area contributed by atoms with Gasteiger partial charge in [-0.05, 0) is 94.1 Å². The highest BCUT2D eigenvalue weighted by atomic mass is 32.1. The second-order valence-corrected chi connectivity index (χ2v) is 19.7. The van der Waals surface area contributed by atoms with Crippen molar-refractivity contribution >= 4 is 46.1 Å². The second-order valence-electron chi connectivity index (χ2n) is 18.8. The molecule has 0 saturated carbocycles. The van der Waals surface area contributed by atoms with Gasteiger partial charge in [0.2, 0.25) is 23.6 Å². The minimum atomic E-state index is -0.988. The normalized spacial score (nSPS) is 17.2. The van der Waals surface area contributed by atoms with Crippen molar-refractivity contribution in [2.45, 2.75) is 85.0 Å². The number of nitrogens with one attached hydrogen (secondary N) is 2. The number of β-amino-alcohol motifs (C(OH)–C–C–N with tert-alkyl or cyclic N) is 1. The van der Waals surface area contributed by atoms with Gasteiger partial charge in [-0.3, -0.25) is 24.1 Å². The van der Waals surface area contributed by atoms with E-state index in [0.29, 0.717) is 39.3 Å². The van der Waals surface area contributed by atoms with Crippen molar-refractivity contribution in [3.8, 4) is 27.7 Å². The van der Waals surface area contributed by atoms with Crippen LogP contribution in [0.25, 0.3) is 21.6 Å². The standard InChI is InChI=1S/C54H64N6O8S/c1-6-45(37-11-17-41(61)18-12-37)49(38-13-19-42(62)20-14-38)39-15-21-44(22-16-39)68-30-29-58-25-27-59(28-26-58)48(65)24-23-47(64)57-51(54(3,4)5)53(67)60-33-43(63)31-46(60)52(66)55-32-36-7-9-40(10-8-36)50-35(2)56-34-69-50/h7-22,34,43,46,51,61-63H,6,23-33H2,1-5H3,(H,55,66)(H,57,64)/t43-,46+,51?/m1/s1. The SMILES string of the molecule is CCC(=C(c1ccc(O)cc1)c1ccc(OCCN2CCN(C(=O)CCC(=O)NC(C(=O)N3C[C@H](O)C[C@H]3C(=O)NCc3ccc(-c4scnc4C)cc3)C(C)(C)C)CC2)cc1)c1ccc(O)cc1. The number of amides is 4. The monoisotopic (exact) mass is 956 g/mol. The zero-order valence-electron chi connectivity index (χ0n) is 40.1. The number of carbonyl (C=O) groups excluding carboxylic acids is 4. The van der Waals surface area contributed by atoms with Gasteiger partial charge >= 0.3 is 0 Å². The van der Waals surface area contributed by atoms with Crippen LogP contribution < -0.4 is 15.4 Å². The molecular weight excluding hydrogens is 893 g/mol. The van der Waals surface area contributed by atoms with E-state index in [-0.39, 0.29) is 55.7 Å². The predicted octanol–water partition coefficient (Wildman–Crippen LogP) is 7.01. The number of piperazine rings is 1. The number of nitrogens with zero attached hydrogens (tertiary/aromatic N) is 4. The fourth-order valence-corrected chi connectivity index (χ4v) is 9.77. The van der Waals surface area contributed by atoms with Crippen molar-refractivity contribution < 1.29 is 39.2 Å². The Balaban J connectivity index is 0.857. The third kappa shape index (κ3) is 13.0. The van der Waals surface area contributed by atoms with E-state index in [1.807, 2.05) is 106 Å². The minimum absolute atomic E-state index is 0.00735. The number of hydrogen-bond donors (Lipinski definition) is 5. The number of thiazole rings is 1. The van der Waals surface area contributed by atoms with E-state index in [1.165, 1.54) is 4.90 Å². The Kier molecular flexibility index (Phi) is 16.6. The van der Waals surface area contributed by atoms with Crippen LogP contribution in [0.15, 0.2) is 103 Å². The number of aryl methyl sites for hydroxylation is 1. The van der Waals surface area contributed by atoms with Gasteiger partial charge in [-0.1, -0.05) is 88.4 Å². The zero-order chi connectivity index (χ0) is 49.2. The molecule has 4 amide bonds. The van der Waals surface area contributed by atoms with Crippen molar-refractivity contribution in [2.75, 3.05) is 45.9 Å². The van der Waals surface area contributed by atoms with Gasteiger partial charge in [0.25, 0.3) is 0 Å². The third-order valence-electron chi connectivity index (χ3n) is 12.8. The Morgan fingerprint density at radius 2 is 1.43 bits per heavy atom. The summed E-state index contributed by atoms with van der Waals surface area (Å²) in [6.45, 7) is 13.3. The van der Waals surface area contributed by atoms with Crippen molar-refractivity contribution in [1.29, 1.82) is 0 Å². The van der Waals surface area contributed by atoms with Crippen LogP contribution in [0.3, 0.4) is 0 Å². The first-order valence-corrected chi connectivity index (χ1v) is 24.6. The highest BCUT2D eigenvalue weighted by molar-refractivity contribution is 7.13. The summed E-state index contributed by atoms with van der Waals surface area (Å²) in [5.74, 6) is -0.280. The lowest BCUT2D eigenvalue weighted by molar-refractivity contribution is -0.144. The van der Waals surface area contributed by atoms with Gasteiger partial charge in [0, 0.05) is 65.1 Å². The number of rotatable bonds is 17. The highest BCUT2D eigenvalue weighted by Gasteiger charge is 2.44. The molecule has 5 N–H and O–H groups in total. The van der Waals surface area contributed by atoms with Crippen LogP contribution in [0, 0.1) is 12.3 Å². The molecule has 14 nitrogen and oxygen atoms in total. The Morgan fingerprint density at radius 3 is 2.01 bits per heavy atom. The molecule has 3 atom stereocenters. The molecule has 2 saturated heterocycles. The van der Waals surface area contributed by atoms with Gasteiger partial charge in [-0.2, -0.15) is 0 Å². The fourth-order valence-electron chi connectivity index (χ4n) is 8.95. The van der Waals surface area contributed by atoms with E-state index >= 15 is 0 Å². The number of carbonyl (C=O) groups is 4. The van der Waals surface area contributed by atoms with E-state index in [1.54, 1.807) is 40.5 Å². The van der Waals surface area contributed by atoms with Crippen LogP contribution in [0.1, 0.15) is 81.3 Å². The van der Waals surface area contributed by atoms with E-state index in [9.17, 15) is 34.5 Å². The lowest BCUT2D eigenvalue weighted by Crippen LogP contribution is -2.57. The average molecular weight is 957 g/mol. The molecular formula is C54H64N6O8S. The first-order chi connectivity index (χ1) is 33.1. The first-order valence-electron chi connectivity index (χ1n) is 23.7. The van der Waals surface area contributed by atoms with Gasteiger partial charge in [0.1, 0.15) is 35.9 Å². The molecule has 364 valence electrons. The minimum Gasteiger partial charge on any atom is -0.508 e. The summed E-state index contributed by atoms with van der Waals surface area (Å²) in [5, 5.41) is 36.3. The summed E-state index contributed by atoms with van der Waals surface area (Å²) in [6, 6.07) is 28.3. The van der Waals surface area contributed by atoms with Crippen LogP contribution in [-0.4, -0.2) is 123 Å². The summed E-state index contributed by atoms with van der Waals surface area (Å²) in [7, 11) is 0. The molecule has 4 aromatic carbocycles. The number of likely N-dealkylation sites (tertiary alicyclic amines) is 1. The van der Waals surface area contributed by atoms with Crippen molar-refractivity contribution in [2.24, 2.45) is 5.41 Å². The summed E-state index contributed by atoms with van der Waals surface area (Å²) in [6.07, 6.45) is -0.159. The number of aromatic nitrogens is 1. The molecule has 0 spiro atoms. The van der Waals surface area contributed by atoms with Crippen molar-refractivity contribution in [1.82, 2.24) is 30.3 Å². The van der Waals surface area contributed by atoms with Crippen LogP contribution in [0.5, 0.6) is 17.2 Å². The summed E-state index contributed by atoms with van der Waals surface area (Å²) in [4.78, 5) is 65.1. The smallest absolute Gasteiger partial charge is 0.246 e. The van der Waals surface area contributed by atoms with E-state index in [0.717, 1.165) is 61.7 Å². The zero-order valence-corrected chi connectivity index (χ0v) is 40.9. The highest BCUT2D eigenvalue weighted by Crippen LogP contribution is 2.36. The summed E-state index contributed by atoms with van der Waals surface area (Å²) >= 11 is 1.57. The molecule has 2 fully saturated rings. The molecule has 1 unspecified atom stereocenters. The first kappa shape index (κ1) is 50.3. The molecule has 2 aliphatic heterocycles. The third-order valence-corrected chi connectivity index (χ3v) is 13.8. The number of benzene rings is 4. The van der Waals surface area contributed by atoms with Crippen LogP contribution >= 0.6 is 11.3 Å². The number of phenolic OH excluding ortho intramolecular Hbond substituents is 2. The quantitative estimate of drug-likeness (QED) is 0.0608. The van der Waals surface area contributed by atoms with E-state index < -0.39 is 35.4 Å². The molecule has 69 heavy (non-hydrogen) atoms. The van der Waals surface area contributed by atoms with E-state index in [2.05, 4.69) is 27.4 Å². The maximum Gasteiger partial charge on any atom is 0.246 e. The number of phenols is 2. The molecule has 0 bridgehead atoms. The second kappa shape index (κ2) is 22.7. The molecule has 7 rings (SSSR count). The predicted molar refractivity (Wildman–Crippen MR) is 268 cm³/mol. The largest absolute Gasteiger partial charge is 0.508 e. The molecule has 2 aliphatic rings. The van der Waals surface area contributed by atoms with E-state index in [4.69, 9.17) is 4.74 Å². The maximum atomic E-state index is 14.1. The van der Waals surface area contributed by atoms with Crippen LogP contribution in [0.4, 0.5) is 0 Å². The van der Waals surface area contributed by atoms with Gasteiger partial charge in [0.05, 0.1) is 22.2 Å². The lowest BCUT2D eigenvalue weighted by atomic mass is 9.85. The number of allylic oxidation sites excluding steroid dienone is 1. The maximum absolute atomic E-state index is 14.1. The Bertz CT molecular complexity index is 2580. The topological polar surface area (TPSA) is 185 Å². The summed E-state index contributed by atoms with van der Waals surface area (Å²) in [5.41, 5.74) is 9.06. The van der Waals surface area contributed by atoms with Crippen LogP contribution in [0.2, 0.25) is 0 Å².